The molecule has 20 heavy (non-hydrogen) atoms. The molecule has 0 saturated heterocycles. The fourth-order valence-electron chi connectivity index (χ4n) is 3.55. The van der Waals surface area contributed by atoms with Crippen molar-refractivity contribution in [2.75, 3.05) is 0 Å². The van der Waals surface area contributed by atoms with Crippen LogP contribution in [0.3, 0.4) is 0 Å². The van der Waals surface area contributed by atoms with Crippen LogP contribution in [0.5, 0.6) is 0 Å². The Morgan fingerprint density at radius 2 is 1.85 bits per heavy atom. The van der Waals surface area contributed by atoms with Crippen LogP contribution in [0.2, 0.25) is 0 Å². The van der Waals surface area contributed by atoms with Gasteiger partial charge in [0.25, 0.3) is 0 Å². The summed E-state index contributed by atoms with van der Waals surface area (Å²) in [6.07, 6.45) is 7.24. The molecule has 0 radical (unpaired) electrons. The molecule has 0 N–H and O–H groups in total. The molecule has 0 nitrogen and oxygen atoms in total. The van der Waals surface area contributed by atoms with E-state index in [2.05, 4.69) is 67.6 Å². The maximum Gasteiger partial charge on any atom is 0.0105 e. The fourth-order valence-corrected chi connectivity index (χ4v) is 3.55. The average molecular weight is 258 g/mol. The van der Waals surface area contributed by atoms with Crippen LogP contribution in [0.25, 0.3) is 11.6 Å². The first-order chi connectivity index (χ1) is 9.83. The van der Waals surface area contributed by atoms with E-state index in [0.717, 1.165) is 0 Å². The molecule has 0 aliphatic heterocycles. The Morgan fingerprint density at radius 3 is 2.70 bits per heavy atom. The average Bonchev–Trinajstić information content (AvgIpc) is 2.86. The maximum atomic E-state index is 2.41. The molecule has 0 heterocycles. The molecule has 4 rings (SSSR count). The molecule has 1 unspecified atom stereocenters. The Kier molecular flexibility index (Phi) is 2.63. The van der Waals surface area contributed by atoms with Gasteiger partial charge in [0.2, 0.25) is 0 Å². The lowest BCUT2D eigenvalue weighted by atomic mass is 9.80. The summed E-state index contributed by atoms with van der Waals surface area (Å²) in [5, 5.41) is 0. The van der Waals surface area contributed by atoms with Gasteiger partial charge in [-0.3, -0.25) is 0 Å². The van der Waals surface area contributed by atoms with Gasteiger partial charge in [0.1, 0.15) is 0 Å². The molecule has 0 fully saturated rings. The third-order valence-electron chi connectivity index (χ3n) is 4.50. The molecule has 0 aromatic heterocycles. The molecule has 1 atom stereocenters. The maximum absolute atomic E-state index is 2.41. The first kappa shape index (κ1) is 11.7. The van der Waals surface area contributed by atoms with Crippen molar-refractivity contribution in [1.82, 2.24) is 0 Å². The zero-order chi connectivity index (χ0) is 13.5. The van der Waals surface area contributed by atoms with Crippen molar-refractivity contribution >= 4 is 11.6 Å². The Balaban J connectivity index is 1.82. The number of hydrogen-bond acceptors (Lipinski definition) is 0. The van der Waals surface area contributed by atoms with E-state index in [1.54, 1.807) is 0 Å². The monoisotopic (exact) mass is 258 g/mol. The Bertz CT molecular complexity index is 717. The molecule has 0 spiro atoms. The van der Waals surface area contributed by atoms with E-state index in [1.807, 2.05) is 0 Å². The van der Waals surface area contributed by atoms with Crippen molar-refractivity contribution in [2.45, 2.75) is 25.7 Å². The first-order valence-electron chi connectivity index (χ1n) is 7.41. The molecule has 2 aliphatic carbocycles. The van der Waals surface area contributed by atoms with Gasteiger partial charge in [0.05, 0.1) is 0 Å². The molecular weight excluding hydrogens is 240 g/mol. The summed E-state index contributed by atoms with van der Waals surface area (Å²) < 4.78 is 0. The van der Waals surface area contributed by atoms with E-state index < -0.39 is 0 Å². The molecule has 0 saturated carbocycles. The van der Waals surface area contributed by atoms with Crippen LogP contribution in [-0.4, -0.2) is 0 Å². The van der Waals surface area contributed by atoms with E-state index in [9.17, 15) is 0 Å². The number of benzene rings is 2. The molecule has 2 aromatic rings. The number of aryl methyl sites for hydroxylation is 1. The van der Waals surface area contributed by atoms with Crippen LogP contribution in [-0.2, 0) is 0 Å². The SMILES string of the molecule is Cc1ccc2c(c1)C1CCC=C(c3ccccc3)C1=C2. The van der Waals surface area contributed by atoms with Gasteiger partial charge in [-0.15, -0.1) is 0 Å². The molecule has 0 amide bonds. The van der Waals surface area contributed by atoms with Crippen LogP contribution in [0.1, 0.15) is 41.0 Å². The predicted molar refractivity (Wildman–Crippen MR) is 85.6 cm³/mol. The van der Waals surface area contributed by atoms with Crippen molar-refractivity contribution < 1.29 is 0 Å². The summed E-state index contributed by atoms with van der Waals surface area (Å²) in [6, 6.07) is 17.7. The summed E-state index contributed by atoms with van der Waals surface area (Å²) in [4.78, 5) is 0. The van der Waals surface area contributed by atoms with E-state index >= 15 is 0 Å². The van der Waals surface area contributed by atoms with E-state index in [1.165, 1.54) is 46.2 Å². The highest BCUT2D eigenvalue weighted by Crippen LogP contribution is 2.48. The Labute approximate surface area is 120 Å². The zero-order valence-electron chi connectivity index (χ0n) is 11.8. The zero-order valence-corrected chi connectivity index (χ0v) is 11.8. The highest BCUT2D eigenvalue weighted by atomic mass is 14.3. The van der Waals surface area contributed by atoms with Crippen molar-refractivity contribution in [2.24, 2.45) is 0 Å². The molecular formula is C20H18. The quantitative estimate of drug-likeness (QED) is 0.646. The molecule has 2 aromatic carbocycles. The first-order valence-corrected chi connectivity index (χ1v) is 7.41. The second kappa shape index (κ2) is 4.49. The van der Waals surface area contributed by atoms with Gasteiger partial charge in [-0.25, -0.2) is 0 Å². The van der Waals surface area contributed by atoms with Gasteiger partial charge in [-0.1, -0.05) is 66.2 Å². The van der Waals surface area contributed by atoms with Crippen LogP contribution in [0.4, 0.5) is 0 Å². The molecule has 98 valence electrons. The summed E-state index contributed by atoms with van der Waals surface area (Å²) in [6.45, 7) is 2.19. The van der Waals surface area contributed by atoms with Crippen molar-refractivity contribution in [3.8, 4) is 0 Å². The predicted octanol–water partition coefficient (Wildman–Crippen LogP) is 5.35. The Hall–Kier alpha value is -2.08. The number of hydrogen-bond donors (Lipinski definition) is 0. The minimum absolute atomic E-state index is 0.602. The fraction of sp³-hybridized carbons (Fsp3) is 0.200. The summed E-state index contributed by atoms with van der Waals surface area (Å²) in [5.41, 5.74) is 8.63. The summed E-state index contributed by atoms with van der Waals surface area (Å²) in [7, 11) is 0. The molecule has 0 heteroatoms. The van der Waals surface area contributed by atoms with E-state index in [0.29, 0.717) is 5.92 Å². The van der Waals surface area contributed by atoms with Crippen molar-refractivity contribution in [3.63, 3.8) is 0 Å². The highest BCUT2D eigenvalue weighted by molar-refractivity contribution is 5.90. The molecule has 2 aliphatic rings. The number of rotatable bonds is 1. The topological polar surface area (TPSA) is 0 Å². The largest absolute Gasteiger partial charge is 0.0763 e. The summed E-state index contributed by atoms with van der Waals surface area (Å²) >= 11 is 0. The van der Waals surface area contributed by atoms with Gasteiger partial charge >= 0.3 is 0 Å². The highest BCUT2D eigenvalue weighted by Gasteiger charge is 2.29. The minimum atomic E-state index is 0.602. The number of allylic oxidation sites excluding steroid dienone is 3. The van der Waals surface area contributed by atoms with Crippen LogP contribution >= 0.6 is 0 Å². The van der Waals surface area contributed by atoms with Gasteiger partial charge in [0.15, 0.2) is 0 Å². The van der Waals surface area contributed by atoms with Crippen molar-refractivity contribution in [3.05, 3.63) is 82.4 Å². The van der Waals surface area contributed by atoms with Crippen LogP contribution < -0.4 is 0 Å². The van der Waals surface area contributed by atoms with Crippen LogP contribution in [0, 0.1) is 6.92 Å². The van der Waals surface area contributed by atoms with Gasteiger partial charge < -0.3 is 0 Å². The van der Waals surface area contributed by atoms with Crippen LogP contribution in [0.15, 0.2) is 60.2 Å². The smallest absolute Gasteiger partial charge is 0.0105 e. The summed E-state index contributed by atoms with van der Waals surface area (Å²) in [5.74, 6) is 0.602. The lowest BCUT2D eigenvalue weighted by Gasteiger charge is -2.24. The van der Waals surface area contributed by atoms with Gasteiger partial charge in [-0.2, -0.15) is 0 Å². The number of fused-ring (bicyclic) bond motifs is 3. The van der Waals surface area contributed by atoms with Gasteiger partial charge in [0, 0.05) is 5.92 Å². The van der Waals surface area contributed by atoms with E-state index in [-0.39, 0.29) is 0 Å². The second-order valence-corrected chi connectivity index (χ2v) is 5.85. The minimum Gasteiger partial charge on any atom is -0.0763 e. The standard InChI is InChI=1S/C20H18/c1-14-10-11-16-13-20-17(15-6-3-2-4-7-15)8-5-9-18(20)19(16)12-14/h2-4,6-8,10-13,18H,5,9H2,1H3. The van der Waals surface area contributed by atoms with Crippen molar-refractivity contribution in [1.29, 1.82) is 0 Å². The lowest BCUT2D eigenvalue weighted by molar-refractivity contribution is 0.725. The molecule has 0 bridgehead atoms. The Morgan fingerprint density at radius 1 is 1.00 bits per heavy atom. The lowest BCUT2D eigenvalue weighted by Crippen LogP contribution is -2.05. The third kappa shape index (κ3) is 1.76. The van der Waals surface area contributed by atoms with E-state index in [4.69, 9.17) is 0 Å². The third-order valence-corrected chi connectivity index (χ3v) is 4.50. The second-order valence-electron chi connectivity index (χ2n) is 5.85. The normalized spacial score (nSPS) is 19.9. The van der Waals surface area contributed by atoms with Gasteiger partial charge in [-0.05, 0) is 47.6 Å².